The van der Waals surface area contributed by atoms with Gasteiger partial charge >= 0.3 is 11.9 Å². The van der Waals surface area contributed by atoms with Crippen molar-refractivity contribution in [3.8, 4) is 57.5 Å². The molecule has 0 bridgehead atoms. The fourth-order valence-electron chi connectivity index (χ4n) is 5.98. The number of unbranched alkanes of at least 4 members (excludes halogenated alkanes) is 4. The first-order valence-electron chi connectivity index (χ1n) is 19.6. The first-order valence-corrected chi connectivity index (χ1v) is 19.6. The molecule has 0 unspecified atom stereocenters. The van der Waals surface area contributed by atoms with Crippen LogP contribution < -0.4 is 58.2 Å². The third kappa shape index (κ3) is 13.8. The Labute approximate surface area is 365 Å². The molecule has 2 N–H and O–H groups in total. The predicted octanol–water partition coefficient (Wildman–Crippen LogP) is 6.52. The second kappa shape index (κ2) is 24.7. The van der Waals surface area contributed by atoms with Crippen LogP contribution in [0.4, 0.5) is 0 Å². The molecule has 4 rings (SSSR count). The van der Waals surface area contributed by atoms with Crippen LogP contribution in [0, 0.1) is 0 Å². The first kappa shape index (κ1) is 48.2. The molecule has 0 aliphatic carbocycles. The number of esters is 2. The maximum Gasteiger partial charge on any atom is 0.343 e. The molecule has 0 aliphatic rings. The van der Waals surface area contributed by atoms with E-state index in [0.29, 0.717) is 58.5 Å². The number of hydrazone groups is 2. The molecule has 18 nitrogen and oxygen atoms in total. The van der Waals surface area contributed by atoms with Crippen molar-refractivity contribution in [1.82, 2.24) is 10.9 Å². The van der Waals surface area contributed by atoms with Gasteiger partial charge in [0.2, 0.25) is 23.3 Å². The van der Waals surface area contributed by atoms with Crippen LogP contribution in [-0.4, -0.2) is 93.1 Å². The lowest BCUT2D eigenvalue weighted by molar-refractivity contribution is -0.121. The minimum Gasteiger partial charge on any atom is -0.493 e. The summed E-state index contributed by atoms with van der Waals surface area (Å²) in [6, 6.07) is 15.6. The number of carbonyl (C=O) groups excluding carboxylic acids is 4. The maximum atomic E-state index is 13.0. The number of hydrogen-bond donors (Lipinski definition) is 2. The summed E-state index contributed by atoms with van der Waals surface area (Å²) in [7, 11) is 11.6. The van der Waals surface area contributed by atoms with Crippen LogP contribution in [0.3, 0.4) is 0 Å². The van der Waals surface area contributed by atoms with Crippen molar-refractivity contribution in [1.29, 1.82) is 0 Å². The number of amides is 2. The molecule has 0 fully saturated rings. The zero-order valence-corrected chi connectivity index (χ0v) is 36.5. The number of benzene rings is 4. The van der Waals surface area contributed by atoms with Gasteiger partial charge in [0, 0.05) is 12.8 Å². The van der Waals surface area contributed by atoms with Crippen molar-refractivity contribution < 1.29 is 66.5 Å². The summed E-state index contributed by atoms with van der Waals surface area (Å²) in [6.45, 7) is 0. The molecular weight excluding hydrogens is 821 g/mol. The highest BCUT2D eigenvalue weighted by atomic mass is 16.6. The van der Waals surface area contributed by atoms with Gasteiger partial charge in [-0.25, -0.2) is 20.4 Å². The summed E-state index contributed by atoms with van der Waals surface area (Å²) in [5.41, 5.74) is 6.57. The highest BCUT2D eigenvalue weighted by molar-refractivity contribution is 5.94. The van der Waals surface area contributed by atoms with Crippen LogP contribution in [0.25, 0.3) is 0 Å². The summed E-state index contributed by atoms with van der Waals surface area (Å²) in [6.07, 6.45) is 7.25. The Balaban J connectivity index is 1.13. The molecule has 0 saturated heterocycles. The number of methoxy groups -OCH3 is 8. The largest absolute Gasteiger partial charge is 0.493 e. The lowest BCUT2D eigenvalue weighted by Crippen LogP contribution is -2.17. The van der Waals surface area contributed by atoms with Crippen molar-refractivity contribution in [3.63, 3.8) is 0 Å². The van der Waals surface area contributed by atoms with Gasteiger partial charge in [-0.05, 0) is 84.6 Å². The van der Waals surface area contributed by atoms with Crippen molar-refractivity contribution >= 4 is 36.2 Å². The van der Waals surface area contributed by atoms with Gasteiger partial charge in [0.15, 0.2) is 46.0 Å². The number of rotatable bonds is 24. The van der Waals surface area contributed by atoms with E-state index in [4.69, 9.17) is 47.4 Å². The molecule has 0 spiro atoms. The molecule has 4 aromatic rings. The van der Waals surface area contributed by atoms with Crippen LogP contribution in [0.1, 0.15) is 76.8 Å². The van der Waals surface area contributed by atoms with E-state index in [1.54, 1.807) is 36.4 Å². The highest BCUT2D eigenvalue weighted by Gasteiger charge is 2.21. The summed E-state index contributed by atoms with van der Waals surface area (Å²) in [5, 5.41) is 8.06. The number of hydrogen-bond acceptors (Lipinski definition) is 16. The quantitative estimate of drug-likeness (QED) is 0.0253. The van der Waals surface area contributed by atoms with Crippen LogP contribution in [-0.2, 0) is 9.59 Å². The molecule has 0 radical (unpaired) electrons. The number of nitrogens with zero attached hydrogens (tertiary/aromatic N) is 2. The van der Waals surface area contributed by atoms with E-state index in [2.05, 4.69) is 21.1 Å². The Hall–Kier alpha value is -7.50. The lowest BCUT2D eigenvalue weighted by atomic mass is 10.1. The molecule has 0 heterocycles. The van der Waals surface area contributed by atoms with Crippen molar-refractivity contribution in [2.24, 2.45) is 10.2 Å². The molecule has 0 atom stereocenters. The normalized spacial score (nSPS) is 10.8. The predicted molar refractivity (Wildman–Crippen MR) is 232 cm³/mol. The van der Waals surface area contributed by atoms with E-state index in [9.17, 15) is 19.2 Å². The second-order valence-electron chi connectivity index (χ2n) is 13.3. The summed E-state index contributed by atoms with van der Waals surface area (Å²) in [5.74, 6) is 0.959. The highest BCUT2D eigenvalue weighted by Crippen LogP contribution is 2.40. The molecule has 18 heteroatoms. The molecule has 0 aromatic heterocycles. The van der Waals surface area contributed by atoms with Crippen LogP contribution >= 0.6 is 0 Å². The minimum absolute atomic E-state index is 0.172. The molecule has 63 heavy (non-hydrogen) atoms. The van der Waals surface area contributed by atoms with Crippen LogP contribution in [0.5, 0.6) is 57.5 Å². The van der Waals surface area contributed by atoms with Gasteiger partial charge in [-0.1, -0.05) is 19.3 Å². The van der Waals surface area contributed by atoms with Gasteiger partial charge in [0.25, 0.3) is 0 Å². The third-order valence-corrected chi connectivity index (χ3v) is 9.19. The Morgan fingerprint density at radius 2 is 0.762 bits per heavy atom. The van der Waals surface area contributed by atoms with Gasteiger partial charge in [-0.15, -0.1) is 0 Å². The fourth-order valence-corrected chi connectivity index (χ4v) is 5.98. The van der Waals surface area contributed by atoms with Crippen LogP contribution in [0.2, 0.25) is 0 Å². The van der Waals surface area contributed by atoms with Gasteiger partial charge in [-0.3, -0.25) is 9.59 Å². The molecular formula is C45H52N4O14. The maximum absolute atomic E-state index is 13.0. The van der Waals surface area contributed by atoms with E-state index in [-0.39, 0.29) is 58.8 Å². The van der Waals surface area contributed by atoms with Gasteiger partial charge in [0.05, 0.1) is 80.4 Å². The Morgan fingerprint density at radius 3 is 1.08 bits per heavy atom. The molecule has 2 amide bonds. The number of nitrogens with one attached hydrogen (secondary N) is 2. The molecule has 4 aromatic carbocycles. The second-order valence-corrected chi connectivity index (χ2v) is 13.3. The van der Waals surface area contributed by atoms with Gasteiger partial charge in [-0.2, -0.15) is 10.2 Å². The average Bonchev–Trinajstić information content (AvgIpc) is 3.30. The Morgan fingerprint density at radius 1 is 0.429 bits per heavy atom. The topological polar surface area (TPSA) is 209 Å². The molecule has 0 saturated carbocycles. The number of carbonyl (C=O) groups is 4. The standard InChI is InChI=1S/C45H52N4O14/c1-54-34-20-28(16-18-32(34)62-44(52)30-22-36(56-3)42(60-7)37(23-30)57-4)26-46-48-40(50)14-12-10-9-11-13-15-41(51)49-47-27-29-17-19-33(35(21-29)55-2)63-45(53)31-24-38(58-5)43(61-8)39(25-31)59-6/h16-27H,9-15H2,1-8H3,(H,48,50)(H,49,51). The monoisotopic (exact) mass is 872 g/mol. The average molecular weight is 873 g/mol. The van der Waals surface area contributed by atoms with E-state index >= 15 is 0 Å². The fraction of sp³-hybridized carbons (Fsp3) is 0.333. The van der Waals surface area contributed by atoms with E-state index < -0.39 is 11.9 Å². The molecule has 0 aliphatic heterocycles. The van der Waals surface area contributed by atoms with Crippen molar-refractivity contribution in [3.05, 3.63) is 82.9 Å². The zero-order valence-electron chi connectivity index (χ0n) is 36.5. The molecule has 336 valence electrons. The minimum atomic E-state index is -0.671. The van der Waals surface area contributed by atoms with Crippen LogP contribution in [0.15, 0.2) is 70.9 Å². The lowest BCUT2D eigenvalue weighted by Gasteiger charge is -2.14. The number of ether oxygens (including phenoxy) is 10. The van der Waals surface area contributed by atoms with E-state index in [0.717, 1.165) is 19.3 Å². The Kier molecular flexibility index (Phi) is 18.9. The Bertz CT molecular complexity index is 2070. The van der Waals surface area contributed by atoms with Crippen molar-refractivity contribution in [2.45, 2.75) is 44.9 Å². The first-order chi connectivity index (χ1) is 30.5. The summed E-state index contributed by atoms with van der Waals surface area (Å²) < 4.78 is 53.9. The smallest absolute Gasteiger partial charge is 0.343 e. The van der Waals surface area contributed by atoms with Crippen molar-refractivity contribution in [2.75, 3.05) is 56.9 Å². The SMILES string of the molecule is COc1cc(C=NNC(=O)CCCCCCCC(=O)NN=Cc2ccc(OC(=O)c3cc(OC)c(OC)c(OC)c3)c(OC)c2)ccc1OC(=O)c1cc(OC)c(OC)c(OC)c1. The summed E-state index contributed by atoms with van der Waals surface area (Å²) >= 11 is 0. The zero-order chi connectivity index (χ0) is 45.7. The van der Waals surface area contributed by atoms with Gasteiger partial charge in [0.1, 0.15) is 0 Å². The van der Waals surface area contributed by atoms with Gasteiger partial charge < -0.3 is 47.4 Å². The van der Waals surface area contributed by atoms with E-state index in [1.807, 2.05) is 0 Å². The summed E-state index contributed by atoms with van der Waals surface area (Å²) in [4.78, 5) is 50.6. The van der Waals surface area contributed by atoms with E-state index in [1.165, 1.54) is 93.6 Å². The third-order valence-electron chi connectivity index (χ3n) is 9.19.